The first-order valence-corrected chi connectivity index (χ1v) is 15.2. The van der Waals surface area contributed by atoms with Crippen molar-refractivity contribution in [2.45, 2.75) is 51.1 Å². The van der Waals surface area contributed by atoms with Gasteiger partial charge in [-0.25, -0.2) is 12.8 Å². The van der Waals surface area contributed by atoms with Crippen molar-refractivity contribution < 1.29 is 27.1 Å². The fourth-order valence-electron chi connectivity index (χ4n) is 4.04. The number of carbonyl (C=O) groups excluding carboxylic acids is 2. The molecule has 0 unspecified atom stereocenters. The van der Waals surface area contributed by atoms with E-state index in [9.17, 15) is 22.4 Å². The molecule has 0 spiro atoms. The highest BCUT2D eigenvalue weighted by Crippen LogP contribution is 2.27. The highest BCUT2D eigenvalue weighted by atomic mass is 35.5. The fourth-order valence-corrected chi connectivity index (χ4v) is 5.58. The molecule has 0 aliphatic carbocycles. The highest BCUT2D eigenvalue weighted by molar-refractivity contribution is 7.92. The molecule has 0 radical (unpaired) electrons. The number of anilines is 1. The van der Waals surface area contributed by atoms with Crippen LogP contribution in [0.5, 0.6) is 5.75 Å². The molecule has 8 nitrogen and oxygen atoms in total. The molecule has 0 saturated heterocycles. The van der Waals surface area contributed by atoms with Crippen LogP contribution in [0.3, 0.4) is 0 Å². The van der Waals surface area contributed by atoms with Crippen LogP contribution in [0, 0.1) is 5.82 Å². The van der Waals surface area contributed by atoms with E-state index in [0.29, 0.717) is 29.5 Å². The second-order valence-corrected chi connectivity index (χ2v) is 11.7. The van der Waals surface area contributed by atoms with Gasteiger partial charge in [0.1, 0.15) is 24.2 Å². The number of carbonyl (C=O) groups is 2. The van der Waals surface area contributed by atoms with E-state index in [1.165, 1.54) is 53.4 Å². The van der Waals surface area contributed by atoms with Crippen molar-refractivity contribution in [2.24, 2.45) is 0 Å². The number of hydrogen-bond acceptors (Lipinski definition) is 5. The zero-order chi connectivity index (χ0) is 30.0. The molecule has 0 fully saturated rings. The first-order valence-electron chi connectivity index (χ1n) is 13.4. The van der Waals surface area contributed by atoms with E-state index in [1.54, 1.807) is 31.2 Å². The summed E-state index contributed by atoms with van der Waals surface area (Å²) < 4.78 is 47.7. The summed E-state index contributed by atoms with van der Waals surface area (Å²) in [6.45, 7) is 5.67. The average molecular weight is 604 g/mol. The van der Waals surface area contributed by atoms with E-state index < -0.39 is 34.3 Å². The van der Waals surface area contributed by atoms with Gasteiger partial charge in [-0.1, -0.05) is 37.1 Å². The third-order valence-electron chi connectivity index (χ3n) is 6.38. The Bertz CT molecular complexity index is 1400. The normalized spacial score (nSPS) is 11.9. The van der Waals surface area contributed by atoms with Crippen LogP contribution in [0.2, 0.25) is 5.02 Å². The first-order chi connectivity index (χ1) is 19.6. The van der Waals surface area contributed by atoms with Crippen LogP contribution < -0.4 is 14.4 Å². The van der Waals surface area contributed by atoms with Crippen molar-refractivity contribution in [1.82, 2.24) is 10.2 Å². The maximum atomic E-state index is 13.9. The van der Waals surface area contributed by atoms with Crippen LogP contribution >= 0.6 is 11.6 Å². The zero-order valence-corrected chi connectivity index (χ0v) is 24.9. The third-order valence-corrected chi connectivity index (χ3v) is 8.42. The molecular weight excluding hydrogens is 569 g/mol. The molecule has 3 aromatic rings. The number of benzene rings is 3. The third kappa shape index (κ3) is 8.68. The van der Waals surface area contributed by atoms with Crippen molar-refractivity contribution >= 4 is 39.1 Å². The molecule has 2 amide bonds. The smallest absolute Gasteiger partial charge is 0.264 e. The van der Waals surface area contributed by atoms with Gasteiger partial charge >= 0.3 is 0 Å². The van der Waals surface area contributed by atoms with Crippen LogP contribution in [0.1, 0.15) is 39.2 Å². The number of ether oxygens (including phenoxy) is 1. The Labute approximate surface area is 246 Å². The van der Waals surface area contributed by atoms with E-state index in [-0.39, 0.29) is 23.0 Å². The van der Waals surface area contributed by atoms with Crippen molar-refractivity contribution in [3.8, 4) is 5.75 Å². The molecule has 41 heavy (non-hydrogen) atoms. The standard InChI is InChI=1S/C30H35ClFN3O5S/c1-4-6-19-33-30(37)22(3)34(20-23-7-11-25(32)12-8-23)29(36)21-35(26-13-15-27(16-14-26)40-5-2)41(38,39)28-17-9-24(31)10-18-28/h7-18,22H,4-6,19-21H2,1-3H3,(H,33,37)/t22-/m0/s1. The molecule has 220 valence electrons. The fraction of sp³-hybridized carbons (Fsp3) is 0.333. The number of amides is 2. The number of unbranched alkanes of at least 4 members (excludes halogenated alkanes) is 1. The Morgan fingerprint density at radius 1 is 0.976 bits per heavy atom. The van der Waals surface area contributed by atoms with Crippen molar-refractivity contribution in [2.75, 3.05) is 24.0 Å². The van der Waals surface area contributed by atoms with Crippen LogP contribution in [0.4, 0.5) is 10.1 Å². The van der Waals surface area contributed by atoms with Gasteiger partial charge in [0.2, 0.25) is 11.8 Å². The van der Waals surface area contributed by atoms with E-state index in [4.69, 9.17) is 16.3 Å². The maximum absolute atomic E-state index is 13.9. The largest absolute Gasteiger partial charge is 0.494 e. The summed E-state index contributed by atoms with van der Waals surface area (Å²) in [4.78, 5) is 28.1. The summed E-state index contributed by atoms with van der Waals surface area (Å²) in [6.07, 6.45) is 1.65. The number of nitrogens with zero attached hydrogens (tertiary/aromatic N) is 2. The maximum Gasteiger partial charge on any atom is 0.264 e. The first kappa shape index (κ1) is 31.9. The van der Waals surface area contributed by atoms with Gasteiger partial charge in [-0.3, -0.25) is 13.9 Å². The lowest BCUT2D eigenvalue weighted by Gasteiger charge is -2.32. The molecule has 3 rings (SSSR count). The van der Waals surface area contributed by atoms with Crippen LogP contribution in [-0.4, -0.2) is 50.9 Å². The Morgan fingerprint density at radius 3 is 2.20 bits per heavy atom. The molecule has 3 aromatic carbocycles. The zero-order valence-electron chi connectivity index (χ0n) is 23.3. The number of hydrogen-bond donors (Lipinski definition) is 1. The molecule has 0 aliphatic heterocycles. The number of rotatable bonds is 14. The molecular formula is C30H35ClFN3O5S. The molecule has 0 aromatic heterocycles. The van der Waals surface area contributed by atoms with Gasteiger partial charge in [-0.15, -0.1) is 0 Å². The SMILES string of the molecule is CCCCNC(=O)[C@H](C)N(Cc1ccc(F)cc1)C(=O)CN(c1ccc(OCC)cc1)S(=O)(=O)c1ccc(Cl)cc1. The van der Waals surface area contributed by atoms with Gasteiger partial charge in [0.25, 0.3) is 10.0 Å². The van der Waals surface area contributed by atoms with Gasteiger partial charge < -0.3 is 15.0 Å². The van der Waals surface area contributed by atoms with Crippen LogP contribution in [0.15, 0.2) is 77.7 Å². The molecule has 0 aliphatic rings. The lowest BCUT2D eigenvalue weighted by Crippen LogP contribution is -2.51. The number of nitrogens with one attached hydrogen (secondary N) is 1. The Kier molecular flexibility index (Phi) is 11.5. The lowest BCUT2D eigenvalue weighted by atomic mass is 10.1. The van der Waals surface area contributed by atoms with Gasteiger partial charge in [0, 0.05) is 18.1 Å². The van der Waals surface area contributed by atoms with E-state index in [0.717, 1.165) is 17.1 Å². The summed E-state index contributed by atoms with van der Waals surface area (Å²) in [5, 5.41) is 3.19. The summed E-state index contributed by atoms with van der Waals surface area (Å²) in [6, 6.07) is 16.6. The highest BCUT2D eigenvalue weighted by Gasteiger charge is 2.32. The van der Waals surface area contributed by atoms with Crippen molar-refractivity contribution in [3.63, 3.8) is 0 Å². The van der Waals surface area contributed by atoms with Gasteiger partial charge in [0.05, 0.1) is 17.2 Å². The molecule has 0 bridgehead atoms. The number of sulfonamides is 1. The average Bonchev–Trinajstić information content (AvgIpc) is 2.96. The minimum absolute atomic E-state index is 0.0282. The van der Waals surface area contributed by atoms with Crippen molar-refractivity contribution in [1.29, 1.82) is 0 Å². The topological polar surface area (TPSA) is 96.0 Å². The summed E-state index contributed by atoms with van der Waals surface area (Å²) >= 11 is 5.98. The van der Waals surface area contributed by atoms with Crippen LogP contribution in [-0.2, 0) is 26.2 Å². The predicted octanol–water partition coefficient (Wildman–Crippen LogP) is 5.41. The van der Waals surface area contributed by atoms with Crippen LogP contribution in [0.25, 0.3) is 0 Å². The van der Waals surface area contributed by atoms with Crippen molar-refractivity contribution in [3.05, 3.63) is 89.2 Å². The summed E-state index contributed by atoms with van der Waals surface area (Å²) in [5.41, 5.74) is 0.819. The minimum atomic E-state index is -4.23. The molecule has 0 heterocycles. The summed E-state index contributed by atoms with van der Waals surface area (Å²) in [7, 11) is -4.23. The lowest BCUT2D eigenvalue weighted by molar-refractivity contribution is -0.139. The van der Waals surface area contributed by atoms with E-state index in [2.05, 4.69) is 5.32 Å². The summed E-state index contributed by atoms with van der Waals surface area (Å²) in [5.74, 6) is -0.879. The Hall–Kier alpha value is -3.63. The quantitative estimate of drug-likeness (QED) is 0.249. The Morgan fingerprint density at radius 2 is 1.61 bits per heavy atom. The Balaban J connectivity index is 2.00. The second kappa shape index (κ2) is 14.8. The second-order valence-electron chi connectivity index (χ2n) is 9.36. The van der Waals surface area contributed by atoms with Gasteiger partial charge in [-0.2, -0.15) is 0 Å². The molecule has 0 saturated carbocycles. The molecule has 11 heteroatoms. The molecule has 1 atom stereocenters. The number of halogens is 2. The minimum Gasteiger partial charge on any atom is -0.494 e. The van der Waals surface area contributed by atoms with E-state index in [1.807, 2.05) is 13.8 Å². The predicted molar refractivity (Wildman–Crippen MR) is 158 cm³/mol. The van der Waals surface area contributed by atoms with Gasteiger partial charge in [0.15, 0.2) is 0 Å². The molecule has 1 N–H and O–H groups in total. The monoisotopic (exact) mass is 603 g/mol. The van der Waals surface area contributed by atoms with E-state index >= 15 is 0 Å². The van der Waals surface area contributed by atoms with Gasteiger partial charge in [-0.05, 0) is 86.5 Å².